The minimum absolute atomic E-state index is 0.0202. The number of ether oxygens (including phenoxy) is 1. The number of hydrogen-bond acceptors (Lipinski definition) is 4. The van der Waals surface area contributed by atoms with Crippen LogP contribution in [0, 0.1) is 17.7 Å². The van der Waals surface area contributed by atoms with Crippen molar-refractivity contribution in [1.29, 1.82) is 0 Å². The predicted molar refractivity (Wildman–Crippen MR) is 94.9 cm³/mol. The van der Waals surface area contributed by atoms with Gasteiger partial charge in [0.2, 0.25) is 0 Å². The summed E-state index contributed by atoms with van der Waals surface area (Å²) in [6.45, 7) is 1.72. The third kappa shape index (κ3) is 3.46. The van der Waals surface area contributed by atoms with Crippen molar-refractivity contribution in [3.8, 4) is 23.3 Å². The Labute approximate surface area is 153 Å². The van der Waals surface area contributed by atoms with E-state index >= 15 is 0 Å². The molecule has 0 fully saturated rings. The standard InChI is InChI=1S/C18H14ClFN4O2/c1-3-5-12-6-4-7-16(24-18(25)23(2)21-22-24)14(12)11-26-17-10-13(20)8-9-15(17)19/h4,6-10H,11H2,1-2H3. The fourth-order valence-corrected chi connectivity index (χ4v) is 2.55. The topological polar surface area (TPSA) is 61.9 Å². The Hall–Kier alpha value is -3.11. The van der Waals surface area contributed by atoms with Crippen molar-refractivity contribution in [2.75, 3.05) is 0 Å². The van der Waals surface area contributed by atoms with Gasteiger partial charge in [-0.1, -0.05) is 23.6 Å². The number of aryl methyl sites for hydroxylation is 1. The summed E-state index contributed by atoms with van der Waals surface area (Å²) in [7, 11) is 1.50. The first-order chi connectivity index (χ1) is 12.5. The van der Waals surface area contributed by atoms with Gasteiger partial charge in [0.25, 0.3) is 0 Å². The van der Waals surface area contributed by atoms with Crippen LogP contribution in [-0.4, -0.2) is 19.8 Å². The summed E-state index contributed by atoms with van der Waals surface area (Å²) in [5, 5.41) is 7.87. The van der Waals surface area contributed by atoms with Crippen LogP contribution >= 0.6 is 11.6 Å². The molecule has 1 aromatic heterocycles. The maximum absolute atomic E-state index is 13.4. The minimum Gasteiger partial charge on any atom is -0.487 e. The van der Waals surface area contributed by atoms with Crippen molar-refractivity contribution < 1.29 is 9.13 Å². The Morgan fingerprint density at radius 2 is 2.08 bits per heavy atom. The molecule has 0 saturated heterocycles. The molecule has 0 aliphatic heterocycles. The van der Waals surface area contributed by atoms with Crippen molar-refractivity contribution in [1.82, 2.24) is 19.8 Å². The molecule has 132 valence electrons. The number of tetrazole rings is 1. The highest BCUT2D eigenvalue weighted by molar-refractivity contribution is 6.32. The smallest absolute Gasteiger partial charge is 0.368 e. The van der Waals surface area contributed by atoms with Crippen molar-refractivity contribution in [3.05, 3.63) is 68.8 Å². The second-order valence-corrected chi connectivity index (χ2v) is 5.75. The Morgan fingerprint density at radius 1 is 1.27 bits per heavy atom. The summed E-state index contributed by atoms with van der Waals surface area (Å²) < 4.78 is 21.4. The lowest BCUT2D eigenvalue weighted by atomic mass is 10.1. The first-order valence-corrected chi connectivity index (χ1v) is 8.01. The van der Waals surface area contributed by atoms with Gasteiger partial charge in [-0.15, -0.1) is 5.92 Å². The zero-order valence-corrected chi connectivity index (χ0v) is 14.8. The number of hydrogen-bond donors (Lipinski definition) is 0. The molecule has 0 radical (unpaired) electrons. The van der Waals surface area contributed by atoms with E-state index in [0.717, 1.165) is 9.36 Å². The van der Waals surface area contributed by atoms with Gasteiger partial charge in [0.05, 0.1) is 10.7 Å². The highest BCUT2D eigenvalue weighted by Gasteiger charge is 2.15. The van der Waals surface area contributed by atoms with Crippen molar-refractivity contribution in [2.45, 2.75) is 13.5 Å². The van der Waals surface area contributed by atoms with Gasteiger partial charge in [-0.25, -0.2) is 9.18 Å². The summed E-state index contributed by atoms with van der Waals surface area (Å²) >= 11 is 6.05. The second-order valence-electron chi connectivity index (χ2n) is 5.34. The normalized spacial score (nSPS) is 10.3. The number of benzene rings is 2. The summed E-state index contributed by atoms with van der Waals surface area (Å²) in [5.74, 6) is 5.52. The van der Waals surface area contributed by atoms with Crippen LogP contribution in [0.1, 0.15) is 18.1 Å². The van der Waals surface area contributed by atoms with E-state index in [9.17, 15) is 9.18 Å². The van der Waals surface area contributed by atoms with Gasteiger partial charge in [0.15, 0.2) is 0 Å². The van der Waals surface area contributed by atoms with E-state index in [2.05, 4.69) is 22.3 Å². The molecule has 3 rings (SSSR count). The molecule has 0 spiro atoms. The number of nitrogens with zero attached hydrogens (tertiary/aromatic N) is 4. The molecule has 0 unspecified atom stereocenters. The summed E-state index contributed by atoms with van der Waals surface area (Å²) in [4.78, 5) is 12.2. The molecule has 0 atom stereocenters. The molecular weight excluding hydrogens is 359 g/mol. The third-order valence-electron chi connectivity index (χ3n) is 3.63. The molecular formula is C18H14ClFN4O2. The van der Waals surface area contributed by atoms with Gasteiger partial charge in [0, 0.05) is 24.2 Å². The lowest BCUT2D eigenvalue weighted by molar-refractivity contribution is 0.304. The first kappa shape index (κ1) is 17.7. The van der Waals surface area contributed by atoms with Crippen LogP contribution < -0.4 is 10.4 Å². The van der Waals surface area contributed by atoms with E-state index in [1.165, 1.54) is 25.2 Å². The molecule has 2 aromatic carbocycles. The second kappa shape index (κ2) is 7.42. The highest BCUT2D eigenvalue weighted by Crippen LogP contribution is 2.27. The highest BCUT2D eigenvalue weighted by atomic mass is 35.5. The van der Waals surface area contributed by atoms with Crippen LogP contribution in [0.5, 0.6) is 5.75 Å². The molecule has 0 bridgehead atoms. The summed E-state index contributed by atoms with van der Waals surface area (Å²) in [5.41, 5.74) is 1.35. The van der Waals surface area contributed by atoms with Gasteiger partial charge in [-0.3, -0.25) is 0 Å². The first-order valence-electron chi connectivity index (χ1n) is 7.63. The van der Waals surface area contributed by atoms with E-state index < -0.39 is 11.5 Å². The molecule has 1 heterocycles. The summed E-state index contributed by atoms with van der Waals surface area (Å²) in [6, 6.07) is 9.13. The maximum Gasteiger partial charge on any atom is 0.368 e. The van der Waals surface area contributed by atoms with E-state index in [-0.39, 0.29) is 17.4 Å². The Bertz CT molecular complexity index is 1080. The van der Waals surface area contributed by atoms with Crippen LogP contribution in [0.25, 0.3) is 5.69 Å². The van der Waals surface area contributed by atoms with Gasteiger partial charge in [0.1, 0.15) is 18.2 Å². The lowest BCUT2D eigenvalue weighted by Crippen LogP contribution is -2.23. The average molecular weight is 373 g/mol. The SMILES string of the molecule is CC#Cc1cccc(-n2nnn(C)c2=O)c1COc1cc(F)ccc1Cl. The third-order valence-corrected chi connectivity index (χ3v) is 3.94. The lowest BCUT2D eigenvalue weighted by Gasteiger charge is -2.13. The molecule has 0 amide bonds. The van der Waals surface area contributed by atoms with Gasteiger partial charge in [-0.2, -0.15) is 9.36 Å². The zero-order valence-electron chi connectivity index (χ0n) is 14.0. The Kier molecular flexibility index (Phi) is 5.05. The molecule has 3 aromatic rings. The van der Waals surface area contributed by atoms with Crippen LogP contribution in [-0.2, 0) is 13.7 Å². The van der Waals surface area contributed by atoms with E-state index in [1.807, 2.05) is 0 Å². The molecule has 0 aliphatic carbocycles. The minimum atomic E-state index is -0.462. The van der Waals surface area contributed by atoms with Crippen LogP contribution in [0.15, 0.2) is 41.2 Å². The molecule has 8 heteroatoms. The predicted octanol–water partition coefficient (Wildman–Crippen LogP) is 2.71. The van der Waals surface area contributed by atoms with Crippen molar-refractivity contribution in [2.24, 2.45) is 7.05 Å². The molecule has 0 saturated carbocycles. The largest absolute Gasteiger partial charge is 0.487 e. The van der Waals surface area contributed by atoms with Gasteiger partial charge in [-0.05, 0) is 41.6 Å². The molecule has 6 nitrogen and oxygen atoms in total. The average Bonchev–Trinajstić information content (AvgIpc) is 2.95. The Balaban J connectivity index is 2.06. The number of aromatic nitrogens is 4. The van der Waals surface area contributed by atoms with Crippen molar-refractivity contribution >= 4 is 11.6 Å². The molecule has 0 N–H and O–H groups in total. The Morgan fingerprint density at radius 3 is 2.77 bits per heavy atom. The van der Waals surface area contributed by atoms with Crippen LogP contribution in [0.2, 0.25) is 5.02 Å². The summed E-state index contributed by atoms with van der Waals surface area (Å²) in [6.07, 6.45) is 0. The molecule has 26 heavy (non-hydrogen) atoms. The van der Waals surface area contributed by atoms with Gasteiger partial charge >= 0.3 is 5.69 Å². The van der Waals surface area contributed by atoms with E-state index in [0.29, 0.717) is 16.8 Å². The molecule has 0 aliphatic rings. The quantitative estimate of drug-likeness (QED) is 0.661. The van der Waals surface area contributed by atoms with Crippen molar-refractivity contribution in [3.63, 3.8) is 0 Å². The maximum atomic E-state index is 13.4. The van der Waals surface area contributed by atoms with Gasteiger partial charge < -0.3 is 4.74 Å². The zero-order chi connectivity index (χ0) is 18.7. The number of rotatable bonds is 4. The van der Waals surface area contributed by atoms with E-state index in [1.54, 1.807) is 25.1 Å². The van der Waals surface area contributed by atoms with Crippen LogP contribution in [0.3, 0.4) is 0 Å². The fraction of sp³-hybridized carbons (Fsp3) is 0.167. The monoisotopic (exact) mass is 372 g/mol. The van der Waals surface area contributed by atoms with Crippen LogP contribution in [0.4, 0.5) is 4.39 Å². The fourth-order valence-electron chi connectivity index (χ4n) is 2.38. The van der Waals surface area contributed by atoms with E-state index in [4.69, 9.17) is 16.3 Å². The number of halogens is 2.